The number of nitrogens with zero attached hydrogens (tertiary/aromatic N) is 1. The molecule has 118 valence electrons. The molecule has 0 fully saturated rings. The Morgan fingerprint density at radius 1 is 1.17 bits per heavy atom. The van der Waals surface area contributed by atoms with E-state index in [1.54, 1.807) is 0 Å². The first kappa shape index (κ1) is 16.1. The second-order valence-electron chi connectivity index (χ2n) is 4.52. The van der Waals surface area contributed by atoms with E-state index in [9.17, 15) is 24.1 Å². The summed E-state index contributed by atoms with van der Waals surface area (Å²) in [6.45, 7) is 1.40. The summed E-state index contributed by atoms with van der Waals surface area (Å²) in [7, 11) is 0. The average molecular weight is 318 g/mol. The van der Waals surface area contributed by atoms with E-state index >= 15 is 0 Å². The predicted molar refractivity (Wildman–Crippen MR) is 79.1 cm³/mol. The molecular formula is C15H11FN2O5. The number of hydrogen-bond donors (Lipinski definition) is 1. The van der Waals surface area contributed by atoms with Crippen molar-refractivity contribution < 1.29 is 23.6 Å². The SMILES string of the molecule is CC(=O)c1ccc(OC(=O)Nc2cc([N+](=O)[O-])ccc2F)cc1. The van der Waals surface area contributed by atoms with Crippen molar-refractivity contribution in [3.05, 3.63) is 64.0 Å². The van der Waals surface area contributed by atoms with Crippen LogP contribution >= 0.6 is 0 Å². The molecule has 0 atom stereocenters. The lowest BCUT2D eigenvalue weighted by Crippen LogP contribution is -2.17. The zero-order valence-corrected chi connectivity index (χ0v) is 11.9. The standard InChI is InChI=1S/C15H11FN2O5/c1-9(19)10-2-5-12(6-3-10)23-15(20)17-14-8-11(18(21)22)4-7-13(14)16/h2-8H,1H3,(H,17,20). The van der Waals surface area contributed by atoms with Gasteiger partial charge in [0, 0.05) is 17.7 Å². The molecule has 23 heavy (non-hydrogen) atoms. The Balaban J connectivity index is 2.09. The summed E-state index contributed by atoms with van der Waals surface area (Å²) < 4.78 is 18.5. The van der Waals surface area contributed by atoms with Crippen LogP contribution in [0.5, 0.6) is 5.75 Å². The van der Waals surface area contributed by atoms with Gasteiger partial charge < -0.3 is 4.74 Å². The van der Waals surface area contributed by atoms with Gasteiger partial charge in [-0.25, -0.2) is 9.18 Å². The van der Waals surface area contributed by atoms with Crippen molar-refractivity contribution in [2.45, 2.75) is 6.92 Å². The Bertz CT molecular complexity index is 774. The summed E-state index contributed by atoms with van der Waals surface area (Å²) in [4.78, 5) is 32.8. The number of nitro benzene ring substituents is 1. The van der Waals surface area contributed by atoms with E-state index in [0.717, 1.165) is 18.2 Å². The highest BCUT2D eigenvalue weighted by Gasteiger charge is 2.14. The molecule has 0 saturated carbocycles. The van der Waals surface area contributed by atoms with E-state index in [4.69, 9.17) is 4.74 Å². The smallest absolute Gasteiger partial charge is 0.410 e. The fourth-order valence-electron chi connectivity index (χ4n) is 1.72. The summed E-state index contributed by atoms with van der Waals surface area (Å²) in [5, 5.41) is 12.7. The number of amides is 1. The van der Waals surface area contributed by atoms with Gasteiger partial charge in [-0.1, -0.05) is 0 Å². The highest BCUT2D eigenvalue weighted by molar-refractivity contribution is 5.94. The minimum Gasteiger partial charge on any atom is -0.410 e. The van der Waals surface area contributed by atoms with E-state index < -0.39 is 16.8 Å². The van der Waals surface area contributed by atoms with Crippen LogP contribution in [0.3, 0.4) is 0 Å². The fraction of sp³-hybridized carbons (Fsp3) is 0.0667. The van der Waals surface area contributed by atoms with E-state index in [1.165, 1.54) is 31.2 Å². The number of nitro groups is 1. The molecule has 0 spiro atoms. The summed E-state index contributed by atoms with van der Waals surface area (Å²) in [6.07, 6.45) is -1.01. The lowest BCUT2D eigenvalue weighted by atomic mass is 10.1. The molecule has 0 radical (unpaired) electrons. The van der Waals surface area contributed by atoms with Crippen LogP contribution in [0.1, 0.15) is 17.3 Å². The molecular weight excluding hydrogens is 307 g/mol. The molecule has 0 saturated heterocycles. The van der Waals surface area contributed by atoms with E-state index in [2.05, 4.69) is 5.32 Å². The predicted octanol–water partition coefficient (Wildman–Crippen LogP) is 3.55. The van der Waals surface area contributed by atoms with Gasteiger partial charge in [0.15, 0.2) is 5.78 Å². The Labute approximate surface area is 129 Å². The number of carbonyl (C=O) groups excluding carboxylic acids is 2. The molecule has 0 heterocycles. The average Bonchev–Trinajstić information content (AvgIpc) is 2.49. The quantitative estimate of drug-likeness (QED) is 0.528. The zero-order chi connectivity index (χ0) is 17.0. The molecule has 0 aromatic heterocycles. The monoisotopic (exact) mass is 318 g/mol. The molecule has 0 aliphatic heterocycles. The molecule has 1 amide bonds. The van der Waals surface area contributed by atoms with Gasteiger partial charge in [0.05, 0.1) is 10.6 Å². The number of benzene rings is 2. The van der Waals surface area contributed by atoms with Gasteiger partial charge in [0.2, 0.25) is 0 Å². The van der Waals surface area contributed by atoms with E-state index in [-0.39, 0.29) is 22.9 Å². The van der Waals surface area contributed by atoms with Gasteiger partial charge in [-0.15, -0.1) is 0 Å². The summed E-state index contributed by atoms with van der Waals surface area (Å²) in [6, 6.07) is 8.48. The molecule has 0 aliphatic carbocycles. The molecule has 2 aromatic carbocycles. The molecule has 2 aromatic rings. The highest BCUT2D eigenvalue weighted by Crippen LogP contribution is 2.22. The largest absolute Gasteiger partial charge is 0.417 e. The molecule has 2 rings (SSSR count). The minimum absolute atomic E-state index is 0.137. The molecule has 0 aliphatic rings. The van der Waals surface area contributed by atoms with Crippen LogP contribution in [0.4, 0.5) is 20.6 Å². The number of nitrogens with one attached hydrogen (secondary N) is 1. The van der Waals surface area contributed by atoms with Crippen molar-refractivity contribution in [2.24, 2.45) is 0 Å². The number of halogens is 1. The normalized spacial score (nSPS) is 10.0. The fourth-order valence-corrected chi connectivity index (χ4v) is 1.72. The van der Waals surface area contributed by atoms with Crippen LogP contribution in [-0.2, 0) is 0 Å². The second-order valence-corrected chi connectivity index (χ2v) is 4.52. The Morgan fingerprint density at radius 2 is 1.83 bits per heavy atom. The molecule has 8 heteroatoms. The number of rotatable bonds is 4. The van der Waals surface area contributed by atoms with Crippen molar-refractivity contribution in [3.8, 4) is 5.75 Å². The Hall–Kier alpha value is -3.29. The van der Waals surface area contributed by atoms with Gasteiger partial charge in [0.25, 0.3) is 5.69 Å². The molecule has 1 N–H and O–H groups in total. The number of carbonyl (C=O) groups is 2. The maximum absolute atomic E-state index is 13.5. The van der Waals surface area contributed by atoms with E-state index in [1.807, 2.05) is 0 Å². The van der Waals surface area contributed by atoms with Crippen molar-refractivity contribution in [3.63, 3.8) is 0 Å². The summed E-state index contributed by atoms with van der Waals surface area (Å²) in [5.41, 5.74) is -0.292. The summed E-state index contributed by atoms with van der Waals surface area (Å²) in [5.74, 6) is -0.836. The molecule has 0 bridgehead atoms. The van der Waals surface area contributed by atoms with Gasteiger partial charge in [-0.2, -0.15) is 0 Å². The van der Waals surface area contributed by atoms with Crippen LogP contribution in [-0.4, -0.2) is 16.8 Å². The van der Waals surface area contributed by atoms with Gasteiger partial charge in [0.1, 0.15) is 11.6 Å². The van der Waals surface area contributed by atoms with Crippen LogP contribution < -0.4 is 10.1 Å². The third-order valence-electron chi connectivity index (χ3n) is 2.87. The third kappa shape index (κ3) is 4.10. The number of ketones is 1. The number of anilines is 1. The van der Waals surface area contributed by atoms with Crippen molar-refractivity contribution in [1.29, 1.82) is 0 Å². The topological polar surface area (TPSA) is 98.5 Å². The van der Waals surface area contributed by atoms with Crippen molar-refractivity contribution >= 4 is 23.3 Å². The first-order chi connectivity index (χ1) is 10.9. The van der Waals surface area contributed by atoms with Gasteiger partial charge in [-0.05, 0) is 37.3 Å². The second kappa shape index (κ2) is 6.65. The third-order valence-corrected chi connectivity index (χ3v) is 2.87. The first-order valence-electron chi connectivity index (χ1n) is 6.40. The van der Waals surface area contributed by atoms with Crippen LogP contribution in [0.15, 0.2) is 42.5 Å². The van der Waals surface area contributed by atoms with Crippen molar-refractivity contribution in [2.75, 3.05) is 5.32 Å². The van der Waals surface area contributed by atoms with Gasteiger partial charge >= 0.3 is 6.09 Å². The number of ether oxygens (including phenoxy) is 1. The van der Waals surface area contributed by atoms with Crippen LogP contribution in [0.25, 0.3) is 0 Å². The first-order valence-corrected chi connectivity index (χ1v) is 6.40. The highest BCUT2D eigenvalue weighted by atomic mass is 19.1. The van der Waals surface area contributed by atoms with Gasteiger partial charge in [-0.3, -0.25) is 20.2 Å². The summed E-state index contributed by atoms with van der Waals surface area (Å²) >= 11 is 0. The Morgan fingerprint density at radius 3 is 2.39 bits per heavy atom. The maximum atomic E-state index is 13.5. The lowest BCUT2D eigenvalue weighted by molar-refractivity contribution is -0.384. The molecule has 7 nitrogen and oxygen atoms in total. The van der Waals surface area contributed by atoms with Crippen LogP contribution in [0, 0.1) is 15.9 Å². The lowest BCUT2D eigenvalue weighted by Gasteiger charge is -2.07. The number of hydrogen-bond acceptors (Lipinski definition) is 5. The number of Topliss-reactive ketones (excluding diaryl/α,β-unsaturated/α-hetero) is 1. The Kier molecular flexibility index (Phi) is 4.65. The zero-order valence-electron chi connectivity index (χ0n) is 11.9. The minimum atomic E-state index is -1.01. The van der Waals surface area contributed by atoms with Crippen LogP contribution in [0.2, 0.25) is 0 Å². The van der Waals surface area contributed by atoms with Crippen molar-refractivity contribution in [1.82, 2.24) is 0 Å². The molecule has 0 unspecified atom stereocenters. The number of non-ortho nitro benzene ring substituents is 1. The maximum Gasteiger partial charge on any atom is 0.417 e. The van der Waals surface area contributed by atoms with E-state index in [0.29, 0.717) is 5.56 Å².